The van der Waals surface area contributed by atoms with E-state index in [1.165, 1.54) is 18.7 Å². The Bertz CT molecular complexity index is 925. The van der Waals surface area contributed by atoms with Gasteiger partial charge in [-0.25, -0.2) is 17.8 Å². The first-order valence-corrected chi connectivity index (χ1v) is 12.4. The van der Waals surface area contributed by atoms with Gasteiger partial charge in [0.15, 0.2) is 5.13 Å². The molecule has 1 aromatic carbocycles. The number of halogens is 2. The summed E-state index contributed by atoms with van der Waals surface area (Å²) in [4.78, 5) is 5.71. The minimum atomic E-state index is -4.12. The Morgan fingerprint density at radius 1 is 1.34 bits per heavy atom. The van der Waals surface area contributed by atoms with Crippen molar-refractivity contribution in [3.05, 3.63) is 34.5 Å². The molecule has 2 N–H and O–H groups in total. The van der Waals surface area contributed by atoms with Crippen LogP contribution < -0.4 is 10.0 Å². The lowest BCUT2D eigenvalue weighted by Gasteiger charge is -2.39. The number of sulfonamides is 1. The molecule has 1 aliphatic carbocycles. The van der Waals surface area contributed by atoms with Crippen molar-refractivity contribution in [3.63, 3.8) is 0 Å². The Kier molecular flexibility index (Phi) is 7.37. The summed E-state index contributed by atoms with van der Waals surface area (Å²) in [6, 6.07) is 2.79. The number of nitrogens with one attached hydrogen (secondary N) is 2. The Morgan fingerprint density at radius 2 is 2.10 bits per heavy atom. The smallest absolute Gasteiger partial charge is 0.266 e. The lowest BCUT2D eigenvalue weighted by atomic mass is 9.89. The molecule has 1 aliphatic rings. The fraction of sp³-hybridized carbons (Fsp3) is 0.526. The SMILES string of the molecule is CCCN(C)[C@H]1CCCCC1Nc1cc(F)c(S(=O)(=O)Nc2nccs2)cc1Cl. The number of hydrogen-bond acceptors (Lipinski definition) is 6. The second kappa shape index (κ2) is 9.59. The van der Waals surface area contributed by atoms with Crippen LogP contribution in [0.15, 0.2) is 28.6 Å². The molecule has 10 heteroatoms. The molecule has 1 unspecified atom stereocenters. The van der Waals surface area contributed by atoms with Crippen LogP contribution in [0, 0.1) is 5.82 Å². The number of benzene rings is 1. The third-order valence-corrected chi connectivity index (χ3v) is 7.66. The zero-order chi connectivity index (χ0) is 21.0. The predicted octanol–water partition coefficient (Wildman–Crippen LogP) is 4.80. The number of likely N-dealkylation sites (N-methyl/N-ethyl adjacent to an activating group) is 1. The molecular weight excluding hydrogens is 435 g/mol. The van der Waals surface area contributed by atoms with Crippen molar-refractivity contribution in [1.29, 1.82) is 0 Å². The molecule has 1 heterocycles. The normalized spacial score (nSPS) is 20.0. The summed E-state index contributed by atoms with van der Waals surface area (Å²) in [5, 5.41) is 5.34. The van der Waals surface area contributed by atoms with Crippen LogP contribution in [0.25, 0.3) is 0 Å². The average Bonchev–Trinajstić information content (AvgIpc) is 3.17. The van der Waals surface area contributed by atoms with Crippen molar-refractivity contribution < 1.29 is 12.8 Å². The number of rotatable bonds is 8. The van der Waals surface area contributed by atoms with Crippen molar-refractivity contribution in [2.75, 3.05) is 23.6 Å². The molecule has 0 spiro atoms. The van der Waals surface area contributed by atoms with Gasteiger partial charge in [-0.1, -0.05) is 31.4 Å². The van der Waals surface area contributed by atoms with Gasteiger partial charge >= 0.3 is 0 Å². The molecule has 1 saturated carbocycles. The molecule has 0 aliphatic heterocycles. The van der Waals surface area contributed by atoms with E-state index in [0.717, 1.165) is 49.6 Å². The zero-order valence-electron chi connectivity index (χ0n) is 16.5. The predicted molar refractivity (Wildman–Crippen MR) is 117 cm³/mol. The van der Waals surface area contributed by atoms with Crippen LogP contribution in [0.5, 0.6) is 0 Å². The summed E-state index contributed by atoms with van der Waals surface area (Å²) in [7, 11) is -2.01. The van der Waals surface area contributed by atoms with Gasteiger partial charge in [0.25, 0.3) is 10.0 Å². The Labute approximate surface area is 180 Å². The van der Waals surface area contributed by atoms with Crippen LogP contribution in [-0.4, -0.2) is 44.0 Å². The molecule has 3 rings (SSSR count). The molecule has 2 aromatic rings. The van der Waals surface area contributed by atoms with E-state index >= 15 is 0 Å². The van der Waals surface area contributed by atoms with Crippen LogP contribution >= 0.6 is 22.9 Å². The first-order chi connectivity index (χ1) is 13.8. The maximum absolute atomic E-state index is 14.7. The van der Waals surface area contributed by atoms with Gasteiger partial charge in [-0.15, -0.1) is 11.3 Å². The highest BCUT2D eigenvalue weighted by Crippen LogP contribution is 2.32. The van der Waals surface area contributed by atoms with Gasteiger partial charge < -0.3 is 10.2 Å². The molecule has 0 bridgehead atoms. The monoisotopic (exact) mass is 460 g/mol. The molecule has 0 radical (unpaired) electrons. The third kappa shape index (κ3) is 5.39. The van der Waals surface area contributed by atoms with Crippen molar-refractivity contribution in [3.8, 4) is 0 Å². The van der Waals surface area contributed by atoms with E-state index in [1.54, 1.807) is 5.38 Å². The second-order valence-corrected chi connectivity index (χ2v) is 10.2. The van der Waals surface area contributed by atoms with E-state index in [1.807, 2.05) is 0 Å². The van der Waals surface area contributed by atoms with E-state index in [4.69, 9.17) is 11.6 Å². The first kappa shape index (κ1) is 22.3. The summed E-state index contributed by atoms with van der Waals surface area (Å²) in [6.07, 6.45) is 6.82. The zero-order valence-corrected chi connectivity index (χ0v) is 18.9. The van der Waals surface area contributed by atoms with Gasteiger partial charge in [-0.3, -0.25) is 4.72 Å². The summed E-state index contributed by atoms with van der Waals surface area (Å²) < 4.78 is 42.0. The summed E-state index contributed by atoms with van der Waals surface area (Å²) in [5.74, 6) is -0.852. The fourth-order valence-electron chi connectivity index (χ4n) is 3.81. The molecule has 160 valence electrons. The molecule has 0 amide bonds. The summed E-state index contributed by atoms with van der Waals surface area (Å²) >= 11 is 7.46. The first-order valence-electron chi connectivity index (χ1n) is 9.70. The summed E-state index contributed by atoms with van der Waals surface area (Å²) in [6.45, 7) is 3.14. The van der Waals surface area contributed by atoms with Crippen molar-refractivity contribution in [2.24, 2.45) is 0 Å². The van der Waals surface area contributed by atoms with Crippen LogP contribution in [0.4, 0.5) is 15.2 Å². The van der Waals surface area contributed by atoms with Crippen LogP contribution in [0.3, 0.4) is 0 Å². The maximum Gasteiger partial charge on any atom is 0.266 e. The van der Waals surface area contributed by atoms with Crippen molar-refractivity contribution in [1.82, 2.24) is 9.88 Å². The van der Waals surface area contributed by atoms with Gasteiger partial charge in [-0.05, 0) is 45.0 Å². The van der Waals surface area contributed by atoms with E-state index in [2.05, 4.69) is 33.9 Å². The maximum atomic E-state index is 14.7. The highest BCUT2D eigenvalue weighted by atomic mass is 35.5. The number of nitrogens with zero attached hydrogens (tertiary/aromatic N) is 2. The van der Waals surface area contributed by atoms with Crippen LogP contribution in [-0.2, 0) is 10.0 Å². The molecule has 1 aromatic heterocycles. The lowest BCUT2D eigenvalue weighted by molar-refractivity contribution is 0.177. The average molecular weight is 461 g/mol. The Balaban J connectivity index is 1.81. The molecule has 2 atom stereocenters. The van der Waals surface area contributed by atoms with Gasteiger partial charge in [0, 0.05) is 23.7 Å². The standard InChI is InChI=1S/C19H26ClFN4O2S2/c1-3-9-25(2)17-7-5-4-6-15(17)23-16-12-14(21)18(11-13(16)20)29(26,27)24-19-22-8-10-28-19/h8,10-12,15,17,23H,3-7,9H2,1-2H3,(H,22,24)/t15?,17-/m0/s1. The fourth-order valence-corrected chi connectivity index (χ4v) is 5.97. The molecule has 0 saturated heterocycles. The van der Waals surface area contributed by atoms with Gasteiger partial charge in [0.2, 0.25) is 0 Å². The van der Waals surface area contributed by atoms with Gasteiger partial charge in [0.1, 0.15) is 10.7 Å². The van der Waals surface area contributed by atoms with E-state index in [-0.39, 0.29) is 16.2 Å². The van der Waals surface area contributed by atoms with Crippen LogP contribution in [0.1, 0.15) is 39.0 Å². The second-order valence-electron chi connectivity index (χ2n) is 7.29. The minimum absolute atomic E-state index is 0.133. The Hall–Kier alpha value is -1.42. The highest BCUT2D eigenvalue weighted by Gasteiger charge is 2.29. The molecule has 6 nitrogen and oxygen atoms in total. The topological polar surface area (TPSA) is 74.3 Å². The minimum Gasteiger partial charge on any atom is -0.379 e. The van der Waals surface area contributed by atoms with E-state index < -0.39 is 20.7 Å². The quantitative estimate of drug-likeness (QED) is 0.591. The molecular formula is C19H26ClFN4O2S2. The van der Waals surface area contributed by atoms with E-state index in [0.29, 0.717) is 11.7 Å². The number of thiazole rings is 1. The van der Waals surface area contributed by atoms with E-state index in [9.17, 15) is 12.8 Å². The third-order valence-electron chi connectivity index (χ3n) is 5.18. The summed E-state index contributed by atoms with van der Waals surface area (Å²) in [5.41, 5.74) is 0.416. The van der Waals surface area contributed by atoms with Crippen molar-refractivity contribution >= 4 is 43.8 Å². The van der Waals surface area contributed by atoms with Crippen molar-refractivity contribution in [2.45, 2.75) is 56.0 Å². The number of anilines is 2. The Morgan fingerprint density at radius 3 is 2.79 bits per heavy atom. The van der Waals surface area contributed by atoms with Gasteiger partial charge in [-0.2, -0.15) is 0 Å². The number of aromatic nitrogens is 1. The largest absolute Gasteiger partial charge is 0.379 e. The molecule has 29 heavy (non-hydrogen) atoms. The lowest BCUT2D eigenvalue weighted by Crippen LogP contribution is -2.47. The molecule has 1 fully saturated rings. The van der Waals surface area contributed by atoms with Crippen LogP contribution in [0.2, 0.25) is 5.02 Å². The number of hydrogen-bond donors (Lipinski definition) is 2. The van der Waals surface area contributed by atoms with Gasteiger partial charge in [0.05, 0.1) is 10.7 Å². The highest BCUT2D eigenvalue weighted by molar-refractivity contribution is 7.93.